The van der Waals surface area contributed by atoms with Crippen molar-refractivity contribution in [3.63, 3.8) is 0 Å². The van der Waals surface area contributed by atoms with Crippen molar-refractivity contribution in [1.29, 1.82) is 0 Å². The highest BCUT2D eigenvalue weighted by Crippen LogP contribution is 2.44. The van der Waals surface area contributed by atoms with Gasteiger partial charge in [0.2, 0.25) is 0 Å². The lowest BCUT2D eigenvalue weighted by Gasteiger charge is -2.34. The summed E-state index contributed by atoms with van der Waals surface area (Å²) in [6.07, 6.45) is 4.31. The van der Waals surface area contributed by atoms with Crippen molar-refractivity contribution in [2.24, 2.45) is 0 Å². The van der Waals surface area contributed by atoms with Crippen LogP contribution in [0.5, 0.6) is 0 Å². The number of hydrogen-bond acceptors (Lipinski definition) is 6. The molecule has 2 fully saturated rings. The number of carbonyl (C=O) groups is 2. The van der Waals surface area contributed by atoms with E-state index in [0.717, 1.165) is 56.0 Å². The SMILES string of the molecule is CN1CCN(c2ccc(N3C(=O)C(=O)/C(=C(\O)c4ccc5c(c4)CCCC5)C3c3cccs3)cc2)CC1. The van der Waals surface area contributed by atoms with Gasteiger partial charge in [-0.05, 0) is 85.6 Å². The van der Waals surface area contributed by atoms with E-state index in [9.17, 15) is 14.7 Å². The number of aliphatic hydroxyl groups excluding tert-OH is 1. The summed E-state index contributed by atoms with van der Waals surface area (Å²) < 4.78 is 0. The predicted molar refractivity (Wildman–Crippen MR) is 148 cm³/mol. The van der Waals surface area contributed by atoms with Crippen LogP contribution in [0, 0.1) is 0 Å². The number of hydrogen-bond donors (Lipinski definition) is 1. The molecule has 0 radical (unpaired) electrons. The molecule has 0 spiro atoms. The highest BCUT2D eigenvalue weighted by atomic mass is 32.1. The number of likely N-dealkylation sites (N-methyl/N-ethyl adjacent to an activating group) is 1. The highest BCUT2D eigenvalue weighted by molar-refractivity contribution is 7.10. The quantitative estimate of drug-likeness (QED) is 0.302. The normalized spacial score (nSPS) is 21.9. The number of fused-ring (bicyclic) bond motifs is 1. The first-order valence-electron chi connectivity index (χ1n) is 13.0. The number of anilines is 2. The number of aryl methyl sites for hydroxylation is 2. The summed E-state index contributed by atoms with van der Waals surface area (Å²) >= 11 is 1.48. The minimum Gasteiger partial charge on any atom is -0.507 e. The highest BCUT2D eigenvalue weighted by Gasteiger charge is 2.47. The second kappa shape index (κ2) is 9.80. The van der Waals surface area contributed by atoms with Crippen molar-refractivity contribution in [3.8, 4) is 0 Å². The van der Waals surface area contributed by atoms with Crippen molar-refractivity contribution < 1.29 is 14.7 Å². The van der Waals surface area contributed by atoms with Gasteiger partial charge < -0.3 is 14.9 Å². The Hall–Kier alpha value is -3.42. The largest absolute Gasteiger partial charge is 0.507 e. The molecular weight excluding hydrogens is 482 g/mol. The second-order valence-corrected chi connectivity index (χ2v) is 11.2. The van der Waals surface area contributed by atoms with Crippen molar-refractivity contribution in [3.05, 3.63) is 87.1 Å². The van der Waals surface area contributed by atoms with Gasteiger partial charge in [-0.15, -0.1) is 11.3 Å². The molecule has 2 saturated heterocycles. The molecular formula is C30H31N3O3S. The van der Waals surface area contributed by atoms with Gasteiger partial charge in [0.15, 0.2) is 0 Å². The van der Waals surface area contributed by atoms with Crippen LogP contribution in [0.4, 0.5) is 11.4 Å². The fourth-order valence-corrected chi connectivity index (χ4v) is 6.56. The van der Waals surface area contributed by atoms with Crippen molar-refractivity contribution in [2.75, 3.05) is 43.0 Å². The number of piperazine rings is 1. The molecule has 6 rings (SSSR count). The lowest BCUT2D eigenvalue weighted by molar-refractivity contribution is -0.132. The Morgan fingerprint density at radius 2 is 1.59 bits per heavy atom. The van der Waals surface area contributed by atoms with E-state index in [0.29, 0.717) is 11.3 Å². The monoisotopic (exact) mass is 513 g/mol. The minimum absolute atomic E-state index is 0.0957. The third-order valence-electron chi connectivity index (χ3n) is 7.88. The Morgan fingerprint density at radius 3 is 2.30 bits per heavy atom. The van der Waals surface area contributed by atoms with E-state index in [-0.39, 0.29) is 11.3 Å². The molecule has 1 amide bonds. The maximum absolute atomic E-state index is 13.4. The van der Waals surface area contributed by atoms with E-state index in [2.05, 4.69) is 22.9 Å². The fourth-order valence-electron chi connectivity index (χ4n) is 5.74. The Balaban J connectivity index is 1.39. The van der Waals surface area contributed by atoms with Crippen LogP contribution >= 0.6 is 11.3 Å². The molecule has 1 atom stereocenters. The van der Waals surface area contributed by atoms with Gasteiger partial charge in [0.25, 0.3) is 11.7 Å². The van der Waals surface area contributed by atoms with Gasteiger partial charge in [-0.3, -0.25) is 14.5 Å². The molecule has 1 unspecified atom stereocenters. The molecule has 0 bridgehead atoms. The summed E-state index contributed by atoms with van der Waals surface area (Å²) in [7, 11) is 2.13. The van der Waals surface area contributed by atoms with Crippen LogP contribution in [0.1, 0.15) is 40.5 Å². The smallest absolute Gasteiger partial charge is 0.300 e. The standard InChI is InChI=1S/C30H31N3O3S/c1-31-14-16-32(17-15-31)23-10-12-24(13-11-23)33-27(25-7-4-18-37-25)26(29(35)30(33)36)28(34)22-9-8-20-5-2-3-6-21(20)19-22/h4,7-13,18-19,27,34H,2-3,5-6,14-17H2,1H3/b28-26-. The summed E-state index contributed by atoms with van der Waals surface area (Å²) in [6, 6.07) is 17.0. The van der Waals surface area contributed by atoms with E-state index in [1.165, 1.54) is 28.9 Å². The Kier molecular flexibility index (Phi) is 6.34. The summed E-state index contributed by atoms with van der Waals surface area (Å²) in [5.74, 6) is -1.34. The number of nitrogens with zero attached hydrogens (tertiary/aromatic N) is 3. The fraction of sp³-hybridized carbons (Fsp3) is 0.333. The van der Waals surface area contributed by atoms with E-state index < -0.39 is 17.7 Å². The Labute approximate surface area is 221 Å². The molecule has 0 saturated carbocycles. The summed E-state index contributed by atoms with van der Waals surface area (Å²) in [4.78, 5) is 33.9. The number of amides is 1. The maximum Gasteiger partial charge on any atom is 0.300 e. The molecule has 7 heteroatoms. The maximum atomic E-state index is 13.4. The second-order valence-electron chi connectivity index (χ2n) is 10.2. The van der Waals surface area contributed by atoms with Crippen LogP contribution in [0.2, 0.25) is 0 Å². The molecule has 2 aliphatic heterocycles. The topological polar surface area (TPSA) is 64.1 Å². The van der Waals surface area contributed by atoms with Gasteiger partial charge in [0, 0.05) is 48.0 Å². The van der Waals surface area contributed by atoms with Gasteiger partial charge in [-0.1, -0.05) is 18.2 Å². The van der Waals surface area contributed by atoms with Crippen molar-refractivity contribution in [2.45, 2.75) is 31.7 Å². The van der Waals surface area contributed by atoms with Gasteiger partial charge in [0.05, 0.1) is 5.57 Å². The average molecular weight is 514 g/mol. The zero-order valence-corrected chi connectivity index (χ0v) is 21.8. The Morgan fingerprint density at radius 1 is 0.892 bits per heavy atom. The van der Waals surface area contributed by atoms with E-state index >= 15 is 0 Å². The van der Waals surface area contributed by atoms with Crippen LogP contribution in [-0.4, -0.2) is 54.9 Å². The molecule has 3 aromatic rings. The minimum atomic E-state index is -0.662. The van der Waals surface area contributed by atoms with Crippen molar-refractivity contribution >= 4 is 40.2 Å². The first-order chi connectivity index (χ1) is 18.0. The van der Waals surface area contributed by atoms with Crippen LogP contribution in [0.25, 0.3) is 5.76 Å². The van der Waals surface area contributed by atoms with Crippen LogP contribution in [-0.2, 0) is 22.4 Å². The zero-order valence-electron chi connectivity index (χ0n) is 21.0. The van der Waals surface area contributed by atoms with E-state index in [4.69, 9.17) is 0 Å². The number of rotatable bonds is 4. The molecule has 2 aromatic carbocycles. The Bertz CT molecular complexity index is 1360. The third-order valence-corrected chi connectivity index (χ3v) is 8.80. The van der Waals surface area contributed by atoms with Gasteiger partial charge in [-0.25, -0.2) is 0 Å². The summed E-state index contributed by atoms with van der Waals surface area (Å²) in [6.45, 7) is 3.93. The first-order valence-corrected chi connectivity index (χ1v) is 13.9. The summed E-state index contributed by atoms with van der Waals surface area (Å²) in [5, 5.41) is 13.4. The molecule has 37 heavy (non-hydrogen) atoms. The lowest BCUT2D eigenvalue weighted by atomic mass is 9.89. The van der Waals surface area contributed by atoms with Gasteiger partial charge in [-0.2, -0.15) is 0 Å². The number of aliphatic hydroxyl groups is 1. The number of carbonyl (C=O) groups excluding carboxylic acids is 2. The lowest BCUT2D eigenvalue weighted by Crippen LogP contribution is -2.44. The van der Waals surface area contributed by atoms with E-state index in [1.807, 2.05) is 53.9 Å². The molecule has 190 valence electrons. The molecule has 1 aromatic heterocycles. The van der Waals surface area contributed by atoms with Crippen LogP contribution in [0.3, 0.4) is 0 Å². The number of thiophene rings is 1. The number of ketones is 1. The number of Topliss-reactive ketones (excluding diaryl/α,β-unsaturated/α-hetero) is 1. The van der Waals surface area contributed by atoms with Gasteiger partial charge >= 0.3 is 0 Å². The first kappa shape index (κ1) is 23.9. The van der Waals surface area contributed by atoms with Crippen LogP contribution < -0.4 is 9.80 Å². The molecule has 1 aliphatic carbocycles. The van der Waals surface area contributed by atoms with Crippen LogP contribution in [0.15, 0.2) is 65.6 Å². The summed E-state index contributed by atoms with van der Waals surface area (Å²) in [5.41, 5.74) is 5.05. The predicted octanol–water partition coefficient (Wildman–Crippen LogP) is 5.01. The zero-order chi connectivity index (χ0) is 25.5. The average Bonchev–Trinajstić information content (AvgIpc) is 3.55. The molecule has 6 nitrogen and oxygen atoms in total. The van der Waals surface area contributed by atoms with Crippen molar-refractivity contribution in [1.82, 2.24) is 4.90 Å². The molecule has 3 aliphatic rings. The van der Waals surface area contributed by atoms with Gasteiger partial charge in [0.1, 0.15) is 11.8 Å². The number of benzene rings is 2. The van der Waals surface area contributed by atoms with E-state index in [1.54, 1.807) is 4.90 Å². The molecule has 1 N–H and O–H groups in total. The molecule has 3 heterocycles. The third kappa shape index (κ3) is 4.36.